The van der Waals surface area contributed by atoms with Gasteiger partial charge in [0.25, 0.3) is 0 Å². The Morgan fingerprint density at radius 3 is 2.69 bits per heavy atom. The van der Waals surface area contributed by atoms with Crippen molar-refractivity contribution in [2.24, 2.45) is 5.92 Å². The number of hydrogen-bond donors (Lipinski definition) is 1. The number of rotatable bonds is 3. The zero-order valence-electron chi connectivity index (χ0n) is 9.63. The normalized spacial score (nSPS) is 26.2. The molecule has 1 N–H and O–H groups in total. The highest BCUT2D eigenvalue weighted by Crippen LogP contribution is 2.29. The highest BCUT2D eigenvalue weighted by atomic mass is 79.9. The molecule has 1 aliphatic rings. The first-order chi connectivity index (χ1) is 7.56. The summed E-state index contributed by atoms with van der Waals surface area (Å²) in [6.45, 7) is 4.40. The zero-order chi connectivity index (χ0) is 11.7. The first kappa shape index (κ1) is 12.1. The second-order valence-electron chi connectivity index (χ2n) is 4.84. The Labute approximate surface area is 105 Å². The molecule has 16 heavy (non-hydrogen) atoms. The summed E-state index contributed by atoms with van der Waals surface area (Å²) in [4.78, 5) is 0. The molecule has 1 fully saturated rings. The first-order valence-corrected chi connectivity index (χ1v) is 6.56. The van der Waals surface area contributed by atoms with E-state index in [2.05, 4.69) is 35.1 Å². The minimum absolute atomic E-state index is 0.201. The van der Waals surface area contributed by atoms with E-state index in [1.807, 2.05) is 12.1 Å². The van der Waals surface area contributed by atoms with Crippen molar-refractivity contribution in [2.75, 3.05) is 0 Å². The molecular formula is C13H17BrFN. The van der Waals surface area contributed by atoms with E-state index in [1.165, 1.54) is 18.9 Å². The van der Waals surface area contributed by atoms with Gasteiger partial charge in [0.2, 0.25) is 0 Å². The van der Waals surface area contributed by atoms with Crippen molar-refractivity contribution in [1.82, 2.24) is 5.32 Å². The lowest BCUT2D eigenvalue weighted by molar-refractivity contribution is 0.226. The molecule has 1 aromatic rings. The molecule has 2 rings (SSSR count). The average molecular weight is 286 g/mol. The first-order valence-electron chi connectivity index (χ1n) is 5.77. The number of benzene rings is 1. The average Bonchev–Trinajstić information content (AvgIpc) is 2.19. The maximum Gasteiger partial charge on any atom is 0.137 e. The van der Waals surface area contributed by atoms with Gasteiger partial charge in [-0.1, -0.05) is 13.0 Å². The Morgan fingerprint density at radius 2 is 2.12 bits per heavy atom. The van der Waals surface area contributed by atoms with Crippen LogP contribution in [0, 0.1) is 11.7 Å². The van der Waals surface area contributed by atoms with Crippen molar-refractivity contribution in [3.05, 3.63) is 34.1 Å². The predicted molar refractivity (Wildman–Crippen MR) is 67.8 cm³/mol. The van der Waals surface area contributed by atoms with E-state index in [0.717, 1.165) is 11.5 Å². The van der Waals surface area contributed by atoms with E-state index in [0.29, 0.717) is 10.5 Å². The quantitative estimate of drug-likeness (QED) is 0.884. The summed E-state index contributed by atoms with van der Waals surface area (Å²) < 4.78 is 13.6. The van der Waals surface area contributed by atoms with Crippen molar-refractivity contribution in [1.29, 1.82) is 0 Å². The Hall–Kier alpha value is -0.410. The van der Waals surface area contributed by atoms with E-state index in [4.69, 9.17) is 0 Å². The smallest absolute Gasteiger partial charge is 0.137 e. The monoisotopic (exact) mass is 285 g/mol. The molecule has 3 heteroatoms. The highest BCUT2D eigenvalue weighted by Gasteiger charge is 2.26. The highest BCUT2D eigenvalue weighted by molar-refractivity contribution is 9.10. The van der Waals surface area contributed by atoms with Gasteiger partial charge in [-0.2, -0.15) is 0 Å². The second kappa shape index (κ2) is 4.84. The Kier molecular flexibility index (Phi) is 3.65. The van der Waals surface area contributed by atoms with E-state index in [9.17, 15) is 4.39 Å². The van der Waals surface area contributed by atoms with Crippen LogP contribution in [0.3, 0.4) is 0 Å². The SMILES string of the molecule is CC1CC(NC(C)c2ccc(F)c(Br)c2)C1. The molecular weight excluding hydrogens is 269 g/mol. The summed E-state index contributed by atoms with van der Waals surface area (Å²) in [7, 11) is 0. The Bertz CT molecular complexity index is 374. The third-order valence-electron chi connectivity index (χ3n) is 3.30. The van der Waals surface area contributed by atoms with Gasteiger partial charge in [0.05, 0.1) is 4.47 Å². The standard InChI is InChI=1S/C13H17BrFN/c1-8-5-11(6-8)16-9(2)10-3-4-13(15)12(14)7-10/h3-4,7-9,11,16H,5-6H2,1-2H3. The van der Waals surface area contributed by atoms with Gasteiger partial charge in [-0.3, -0.25) is 0 Å². The van der Waals surface area contributed by atoms with E-state index >= 15 is 0 Å². The van der Waals surface area contributed by atoms with Gasteiger partial charge in [0, 0.05) is 12.1 Å². The van der Waals surface area contributed by atoms with E-state index in [1.54, 1.807) is 0 Å². The lowest BCUT2D eigenvalue weighted by atomic mass is 9.81. The third-order valence-corrected chi connectivity index (χ3v) is 3.91. The van der Waals surface area contributed by atoms with Crippen LogP contribution in [-0.4, -0.2) is 6.04 Å². The fourth-order valence-corrected chi connectivity index (χ4v) is 2.67. The Balaban J connectivity index is 1.97. The molecule has 0 radical (unpaired) electrons. The second-order valence-corrected chi connectivity index (χ2v) is 5.69. The van der Waals surface area contributed by atoms with Gasteiger partial charge in [-0.25, -0.2) is 4.39 Å². The fourth-order valence-electron chi connectivity index (χ4n) is 2.27. The summed E-state index contributed by atoms with van der Waals surface area (Å²) >= 11 is 3.22. The van der Waals surface area contributed by atoms with Crippen LogP contribution in [-0.2, 0) is 0 Å². The van der Waals surface area contributed by atoms with Crippen LogP contribution in [0.2, 0.25) is 0 Å². The number of halogens is 2. The summed E-state index contributed by atoms with van der Waals surface area (Å²) in [5.41, 5.74) is 1.13. The lowest BCUT2D eigenvalue weighted by Gasteiger charge is -2.35. The lowest BCUT2D eigenvalue weighted by Crippen LogP contribution is -2.41. The minimum atomic E-state index is -0.201. The fraction of sp³-hybridized carbons (Fsp3) is 0.538. The largest absolute Gasteiger partial charge is 0.307 e. The topological polar surface area (TPSA) is 12.0 Å². The molecule has 1 aromatic carbocycles. The van der Waals surface area contributed by atoms with Gasteiger partial charge in [0.1, 0.15) is 5.82 Å². The molecule has 88 valence electrons. The molecule has 1 nitrogen and oxygen atoms in total. The Morgan fingerprint density at radius 1 is 1.44 bits per heavy atom. The molecule has 0 spiro atoms. The van der Waals surface area contributed by atoms with Gasteiger partial charge in [-0.15, -0.1) is 0 Å². The molecule has 0 amide bonds. The zero-order valence-corrected chi connectivity index (χ0v) is 11.2. The van der Waals surface area contributed by atoms with Crippen LogP contribution in [0.4, 0.5) is 4.39 Å². The van der Waals surface area contributed by atoms with Crippen LogP contribution < -0.4 is 5.32 Å². The van der Waals surface area contributed by atoms with E-state index in [-0.39, 0.29) is 11.9 Å². The third kappa shape index (κ3) is 2.64. The van der Waals surface area contributed by atoms with Crippen LogP contribution in [0.5, 0.6) is 0 Å². The van der Waals surface area contributed by atoms with Crippen molar-refractivity contribution >= 4 is 15.9 Å². The van der Waals surface area contributed by atoms with Crippen molar-refractivity contribution in [2.45, 2.75) is 38.8 Å². The molecule has 0 aliphatic heterocycles. The molecule has 1 atom stereocenters. The number of nitrogens with one attached hydrogen (secondary N) is 1. The van der Waals surface area contributed by atoms with Gasteiger partial charge in [-0.05, 0) is 59.3 Å². The van der Waals surface area contributed by atoms with Crippen molar-refractivity contribution in [3.63, 3.8) is 0 Å². The minimum Gasteiger partial charge on any atom is -0.307 e. The molecule has 1 saturated carbocycles. The predicted octanol–water partition coefficient (Wildman–Crippen LogP) is 4.04. The molecule has 0 heterocycles. The van der Waals surface area contributed by atoms with Crippen molar-refractivity contribution < 1.29 is 4.39 Å². The van der Waals surface area contributed by atoms with Crippen LogP contribution in [0.15, 0.2) is 22.7 Å². The maximum atomic E-state index is 13.1. The van der Waals surface area contributed by atoms with Crippen LogP contribution in [0.25, 0.3) is 0 Å². The van der Waals surface area contributed by atoms with Gasteiger partial charge < -0.3 is 5.32 Å². The molecule has 0 bridgehead atoms. The summed E-state index contributed by atoms with van der Waals surface area (Å²) in [6.07, 6.45) is 2.51. The van der Waals surface area contributed by atoms with Crippen LogP contribution in [0.1, 0.15) is 38.3 Å². The van der Waals surface area contributed by atoms with Gasteiger partial charge in [0.15, 0.2) is 0 Å². The summed E-state index contributed by atoms with van der Waals surface area (Å²) in [5.74, 6) is 0.651. The summed E-state index contributed by atoms with van der Waals surface area (Å²) in [6, 6.07) is 6.14. The van der Waals surface area contributed by atoms with Crippen molar-refractivity contribution in [3.8, 4) is 0 Å². The van der Waals surface area contributed by atoms with Crippen LogP contribution >= 0.6 is 15.9 Å². The summed E-state index contributed by atoms with van der Waals surface area (Å²) in [5, 5.41) is 3.57. The molecule has 1 aliphatic carbocycles. The molecule has 0 aromatic heterocycles. The maximum absolute atomic E-state index is 13.1. The molecule has 1 unspecified atom stereocenters. The van der Waals surface area contributed by atoms with Gasteiger partial charge >= 0.3 is 0 Å². The van der Waals surface area contributed by atoms with E-state index < -0.39 is 0 Å². The molecule has 0 saturated heterocycles. The number of hydrogen-bond acceptors (Lipinski definition) is 1.